The van der Waals surface area contributed by atoms with Crippen LogP contribution in [0.4, 0.5) is 0 Å². The number of Topliss-reactive ketones (excluding diaryl/α,β-unsaturated/α-hetero) is 1. The SMILES string of the molecule is C=C1C[C@@]2(O)C/C(=N\O[C@@H]3CCNC3)CC[C@]2(C)[C@H]2CC[C@]3(C)C(=O)CC[C@H]3[C@H]12. The van der Waals surface area contributed by atoms with Crippen molar-refractivity contribution in [3.63, 3.8) is 0 Å². The minimum Gasteiger partial charge on any atom is -0.391 e. The summed E-state index contributed by atoms with van der Waals surface area (Å²) in [7, 11) is 0. The molecule has 29 heavy (non-hydrogen) atoms. The molecule has 0 spiro atoms. The van der Waals surface area contributed by atoms with Crippen LogP contribution < -0.4 is 5.32 Å². The van der Waals surface area contributed by atoms with Crippen LogP contribution in [0.5, 0.6) is 0 Å². The van der Waals surface area contributed by atoms with E-state index in [-0.39, 0.29) is 16.9 Å². The highest BCUT2D eigenvalue weighted by atomic mass is 16.6. The number of carbonyl (C=O) groups is 1. The van der Waals surface area contributed by atoms with Crippen molar-refractivity contribution in [3.05, 3.63) is 12.2 Å². The summed E-state index contributed by atoms with van der Waals surface area (Å²) in [5.74, 6) is 1.66. The second-order valence-corrected chi connectivity index (χ2v) is 11.0. The number of nitrogens with one attached hydrogen (secondary N) is 1. The van der Waals surface area contributed by atoms with E-state index in [4.69, 9.17) is 4.84 Å². The van der Waals surface area contributed by atoms with Crippen LogP contribution in [0.3, 0.4) is 0 Å². The van der Waals surface area contributed by atoms with Gasteiger partial charge in [-0.05, 0) is 62.8 Å². The summed E-state index contributed by atoms with van der Waals surface area (Å²) in [4.78, 5) is 18.4. The number of ketones is 1. The molecule has 2 N–H and O–H groups in total. The normalized spacial score (nSPS) is 50.9. The third-order valence-electron chi connectivity index (χ3n) is 9.63. The van der Waals surface area contributed by atoms with Gasteiger partial charge in [-0.25, -0.2) is 0 Å². The molecule has 0 aromatic rings. The van der Waals surface area contributed by atoms with Crippen molar-refractivity contribution in [1.82, 2.24) is 5.32 Å². The summed E-state index contributed by atoms with van der Waals surface area (Å²) in [5, 5.41) is 19.7. The maximum atomic E-state index is 12.6. The van der Waals surface area contributed by atoms with Gasteiger partial charge in [-0.15, -0.1) is 0 Å². The number of fused-ring (bicyclic) bond motifs is 5. The van der Waals surface area contributed by atoms with Crippen molar-refractivity contribution in [1.29, 1.82) is 0 Å². The number of hydrogen-bond acceptors (Lipinski definition) is 5. The third-order valence-corrected chi connectivity index (χ3v) is 9.63. The van der Waals surface area contributed by atoms with E-state index in [1.54, 1.807) is 0 Å². The summed E-state index contributed by atoms with van der Waals surface area (Å²) in [6, 6.07) is 0. The third kappa shape index (κ3) is 2.79. The largest absolute Gasteiger partial charge is 0.391 e. The number of oxime groups is 1. The lowest BCUT2D eigenvalue weighted by Gasteiger charge is -2.63. The highest BCUT2D eigenvalue weighted by Gasteiger charge is 2.65. The number of aliphatic hydroxyl groups is 1. The Labute approximate surface area is 174 Å². The predicted octanol–water partition coefficient (Wildman–Crippen LogP) is 3.61. The van der Waals surface area contributed by atoms with Crippen LogP contribution in [0.25, 0.3) is 0 Å². The quantitative estimate of drug-likeness (QED) is 0.549. The van der Waals surface area contributed by atoms with Crippen LogP contribution in [0.2, 0.25) is 0 Å². The molecule has 5 aliphatic rings. The lowest BCUT2D eigenvalue weighted by atomic mass is 9.43. The number of hydrogen-bond donors (Lipinski definition) is 2. The van der Waals surface area contributed by atoms with Crippen molar-refractivity contribution in [2.24, 2.45) is 33.7 Å². The first-order valence-electron chi connectivity index (χ1n) is 11.6. The Morgan fingerprint density at radius 3 is 2.72 bits per heavy atom. The molecule has 1 saturated heterocycles. The van der Waals surface area contributed by atoms with E-state index in [1.807, 2.05) is 0 Å². The smallest absolute Gasteiger partial charge is 0.141 e. The van der Waals surface area contributed by atoms with Gasteiger partial charge in [0.05, 0.1) is 11.3 Å². The van der Waals surface area contributed by atoms with Gasteiger partial charge in [0, 0.05) is 36.6 Å². The van der Waals surface area contributed by atoms with Gasteiger partial charge in [0.2, 0.25) is 0 Å². The van der Waals surface area contributed by atoms with Crippen LogP contribution >= 0.6 is 0 Å². The second kappa shape index (κ2) is 6.65. The molecule has 4 aliphatic carbocycles. The van der Waals surface area contributed by atoms with Gasteiger partial charge < -0.3 is 15.3 Å². The van der Waals surface area contributed by atoms with E-state index in [2.05, 4.69) is 30.9 Å². The maximum Gasteiger partial charge on any atom is 0.141 e. The molecule has 0 bridgehead atoms. The highest BCUT2D eigenvalue weighted by Crippen LogP contribution is 2.67. The summed E-state index contributed by atoms with van der Waals surface area (Å²) in [5.41, 5.74) is 1.07. The fourth-order valence-corrected chi connectivity index (χ4v) is 7.70. The molecule has 0 amide bonds. The molecule has 5 rings (SSSR count). The molecule has 0 radical (unpaired) electrons. The van der Waals surface area contributed by atoms with Gasteiger partial charge in [0.1, 0.15) is 11.9 Å². The predicted molar refractivity (Wildman–Crippen MR) is 113 cm³/mol. The summed E-state index contributed by atoms with van der Waals surface area (Å²) in [6.07, 6.45) is 7.94. The summed E-state index contributed by atoms with van der Waals surface area (Å²) in [6.45, 7) is 10.8. The van der Waals surface area contributed by atoms with E-state index in [0.717, 1.165) is 63.7 Å². The molecule has 0 unspecified atom stereocenters. The topological polar surface area (TPSA) is 70.9 Å². The zero-order valence-electron chi connectivity index (χ0n) is 18.0. The molecular weight excluding hydrogens is 364 g/mol. The Morgan fingerprint density at radius 2 is 1.97 bits per heavy atom. The molecular formula is C24H36N2O3. The van der Waals surface area contributed by atoms with Crippen LogP contribution in [0, 0.1) is 28.6 Å². The van der Waals surface area contributed by atoms with E-state index >= 15 is 0 Å². The lowest BCUT2D eigenvalue weighted by Crippen LogP contribution is -2.63. The molecule has 4 saturated carbocycles. The Balaban J connectivity index is 1.39. The van der Waals surface area contributed by atoms with Crippen LogP contribution in [-0.2, 0) is 9.63 Å². The second-order valence-electron chi connectivity index (χ2n) is 11.0. The molecule has 160 valence electrons. The van der Waals surface area contributed by atoms with Crippen LogP contribution in [0.1, 0.15) is 71.6 Å². The Bertz CT molecular complexity index is 757. The van der Waals surface area contributed by atoms with Crippen LogP contribution in [0.15, 0.2) is 17.3 Å². The first-order chi connectivity index (χ1) is 13.8. The lowest BCUT2D eigenvalue weighted by molar-refractivity contribution is -0.170. The van der Waals surface area contributed by atoms with E-state index < -0.39 is 5.60 Å². The molecule has 1 aliphatic heterocycles. The number of carbonyl (C=O) groups excluding carboxylic acids is 1. The zero-order valence-corrected chi connectivity index (χ0v) is 18.0. The molecule has 1 heterocycles. The Morgan fingerprint density at radius 1 is 1.14 bits per heavy atom. The van der Waals surface area contributed by atoms with Crippen molar-refractivity contribution < 1.29 is 14.7 Å². The van der Waals surface area contributed by atoms with E-state index in [1.165, 1.54) is 5.57 Å². The standard InChI is InChI=1S/C24H36N2O3/c1-15-12-24(28)13-16(26-29-17-8-11-25-14-17)6-10-23(24,3)19-7-9-22(2)18(21(15)19)4-5-20(22)27/h17-19,21,25,28H,1,4-14H2,2-3H3/b26-16-/t17-,18+,19+,21+,22+,23-,24-/m1/s1. The minimum atomic E-state index is -0.796. The number of nitrogens with zero attached hydrogens (tertiary/aromatic N) is 1. The Kier molecular flexibility index (Phi) is 4.53. The molecule has 5 heteroatoms. The molecule has 0 aromatic carbocycles. The van der Waals surface area contributed by atoms with Gasteiger partial charge >= 0.3 is 0 Å². The van der Waals surface area contributed by atoms with Gasteiger partial charge in [-0.3, -0.25) is 4.79 Å². The molecule has 5 nitrogen and oxygen atoms in total. The molecule has 5 fully saturated rings. The van der Waals surface area contributed by atoms with Gasteiger partial charge in [-0.2, -0.15) is 0 Å². The van der Waals surface area contributed by atoms with E-state index in [9.17, 15) is 9.90 Å². The summed E-state index contributed by atoms with van der Waals surface area (Å²) >= 11 is 0. The Hall–Kier alpha value is -1.20. The minimum absolute atomic E-state index is 0.139. The molecule has 0 aromatic heterocycles. The zero-order chi connectivity index (χ0) is 20.4. The summed E-state index contributed by atoms with van der Waals surface area (Å²) < 4.78 is 0. The van der Waals surface area contributed by atoms with Gasteiger partial charge in [0.15, 0.2) is 0 Å². The monoisotopic (exact) mass is 400 g/mol. The molecule has 7 atom stereocenters. The fourth-order valence-electron chi connectivity index (χ4n) is 7.70. The first-order valence-corrected chi connectivity index (χ1v) is 11.6. The average Bonchev–Trinajstić information content (AvgIpc) is 3.30. The maximum absolute atomic E-state index is 12.6. The van der Waals surface area contributed by atoms with Gasteiger partial charge in [0.25, 0.3) is 0 Å². The van der Waals surface area contributed by atoms with Crippen molar-refractivity contribution in [2.45, 2.75) is 83.3 Å². The fraction of sp³-hybridized carbons (Fsp3) is 0.833. The highest BCUT2D eigenvalue weighted by molar-refractivity contribution is 5.88. The van der Waals surface area contributed by atoms with Crippen molar-refractivity contribution >= 4 is 11.5 Å². The first kappa shape index (κ1) is 19.7. The van der Waals surface area contributed by atoms with E-state index in [0.29, 0.717) is 36.4 Å². The average molecular weight is 401 g/mol. The van der Waals surface area contributed by atoms with Crippen molar-refractivity contribution in [2.75, 3.05) is 13.1 Å². The van der Waals surface area contributed by atoms with Crippen LogP contribution in [-0.4, -0.2) is 41.4 Å². The van der Waals surface area contributed by atoms with Crippen molar-refractivity contribution in [3.8, 4) is 0 Å². The number of rotatable bonds is 2. The van der Waals surface area contributed by atoms with Gasteiger partial charge in [-0.1, -0.05) is 31.2 Å².